The molecule has 0 aliphatic rings. The molecule has 0 saturated heterocycles. The number of alkyl halides is 1. The van der Waals surface area contributed by atoms with Crippen LogP contribution >= 0.6 is 15.9 Å². The lowest BCUT2D eigenvalue weighted by Crippen LogP contribution is -1.99. The number of hydrogen-bond donors (Lipinski definition) is 1. The molecule has 0 amide bonds. The molecule has 0 radical (unpaired) electrons. The van der Waals surface area contributed by atoms with Crippen LogP contribution in [0.25, 0.3) is 6.08 Å². The highest BCUT2D eigenvalue weighted by molar-refractivity contribution is 9.08. The highest BCUT2D eigenvalue weighted by Gasteiger charge is 2.05. The summed E-state index contributed by atoms with van der Waals surface area (Å²) in [6.07, 6.45) is 2.27. The SMILES string of the molecule is CCC(=Cc1ccccc1CBr)C(=O)O. The summed E-state index contributed by atoms with van der Waals surface area (Å²) in [5, 5.41) is 9.65. The fourth-order valence-electron chi connectivity index (χ4n) is 1.30. The number of aliphatic carboxylic acids is 1. The Kier molecular flexibility index (Phi) is 4.56. The van der Waals surface area contributed by atoms with E-state index >= 15 is 0 Å². The molecule has 0 spiro atoms. The molecule has 0 heterocycles. The van der Waals surface area contributed by atoms with Crippen LogP contribution in [0.15, 0.2) is 29.8 Å². The van der Waals surface area contributed by atoms with E-state index in [1.807, 2.05) is 31.2 Å². The van der Waals surface area contributed by atoms with Crippen molar-refractivity contribution in [3.05, 3.63) is 41.0 Å². The van der Waals surface area contributed by atoms with Crippen LogP contribution in [0.3, 0.4) is 0 Å². The molecule has 15 heavy (non-hydrogen) atoms. The first-order valence-corrected chi connectivity index (χ1v) is 5.89. The molecule has 1 aromatic carbocycles. The van der Waals surface area contributed by atoms with Crippen LogP contribution in [-0.4, -0.2) is 11.1 Å². The average molecular weight is 269 g/mol. The number of rotatable bonds is 4. The fourth-order valence-corrected chi connectivity index (χ4v) is 1.81. The summed E-state index contributed by atoms with van der Waals surface area (Å²) in [6, 6.07) is 7.76. The molecular formula is C12H13BrO2. The molecule has 0 aliphatic carbocycles. The Morgan fingerprint density at radius 2 is 2.13 bits per heavy atom. The van der Waals surface area contributed by atoms with Gasteiger partial charge in [0.1, 0.15) is 0 Å². The van der Waals surface area contributed by atoms with E-state index in [-0.39, 0.29) is 0 Å². The standard InChI is InChI=1S/C12H13BrO2/c1-2-9(12(14)15)7-10-5-3-4-6-11(10)8-13/h3-7H,2,8H2,1H3,(H,14,15). The second-order valence-electron chi connectivity index (χ2n) is 3.16. The molecule has 0 aliphatic heterocycles. The maximum absolute atomic E-state index is 10.9. The third-order valence-electron chi connectivity index (χ3n) is 2.18. The van der Waals surface area contributed by atoms with E-state index in [9.17, 15) is 4.79 Å². The summed E-state index contributed by atoms with van der Waals surface area (Å²) in [4.78, 5) is 10.9. The molecule has 1 aromatic rings. The van der Waals surface area contributed by atoms with Crippen LogP contribution < -0.4 is 0 Å². The third kappa shape index (κ3) is 3.20. The number of carboxylic acid groups (broad SMARTS) is 1. The van der Waals surface area contributed by atoms with E-state index in [0.717, 1.165) is 16.5 Å². The van der Waals surface area contributed by atoms with Crippen molar-refractivity contribution in [2.24, 2.45) is 0 Å². The molecule has 0 aromatic heterocycles. The molecule has 1 rings (SSSR count). The Labute approximate surface area is 97.8 Å². The van der Waals surface area contributed by atoms with Gasteiger partial charge in [-0.05, 0) is 23.6 Å². The Hall–Kier alpha value is -1.09. The largest absolute Gasteiger partial charge is 0.478 e. The van der Waals surface area contributed by atoms with Crippen LogP contribution in [0, 0.1) is 0 Å². The molecule has 2 nitrogen and oxygen atoms in total. The molecular weight excluding hydrogens is 256 g/mol. The van der Waals surface area contributed by atoms with Crippen molar-refractivity contribution in [3.63, 3.8) is 0 Å². The van der Waals surface area contributed by atoms with Crippen LogP contribution in [0.4, 0.5) is 0 Å². The van der Waals surface area contributed by atoms with Crippen LogP contribution in [-0.2, 0) is 10.1 Å². The Morgan fingerprint density at radius 3 is 2.67 bits per heavy atom. The summed E-state index contributed by atoms with van der Waals surface area (Å²) in [7, 11) is 0. The molecule has 3 heteroatoms. The summed E-state index contributed by atoms with van der Waals surface area (Å²) >= 11 is 3.38. The maximum atomic E-state index is 10.9. The van der Waals surface area contributed by atoms with Gasteiger partial charge in [-0.2, -0.15) is 0 Å². The molecule has 0 fully saturated rings. The minimum Gasteiger partial charge on any atom is -0.478 e. The first-order chi connectivity index (χ1) is 7.19. The fraction of sp³-hybridized carbons (Fsp3) is 0.250. The van der Waals surface area contributed by atoms with Crippen molar-refractivity contribution in [2.75, 3.05) is 0 Å². The first-order valence-electron chi connectivity index (χ1n) is 4.76. The van der Waals surface area contributed by atoms with E-state index in [0.29, 0.717) is 12.0 Å². The Balaban J connectivity index is 3.10. The minimum atomic E-state index is -0.845. The van der Waals surface area contributed by atoms with Gasteiger partial charge in [-0.15, -0.1) is 0 Å². The second kappa shape index (κ2) is 5.71. The summed E-state index contributed by atoms with van der Waals surface area (Å²) < 4.78 is 0. The lowest BCUT2D eigenvalue weighted by atomic mass is 10.0. The zero-order chi connectivity index (χ0) is 11.3. The molecule has 1 N–H and O–H groups in total. The van der Waals surface area contributed by atoms with Crippen molar-refractivity contribution >= 4 is 28.0 Å². The van der Waals surface area contributed by atoms with Crippen molar-refractivity contribution in [3.8, 4) is 0 Å². The summed E-state index contributed by atoms with van der Waals surface area (Å²) in [5.74, 6) is -0.845. The van der Waals surface area contributed by atoms with Gasteiger partial charge in [-0.25, -0.2) is 4.79 Å². The molecule has 0 atom stereocenters. The lowest BCUT2D eigenvalue weighted by molar-refractivity contribution is -0.132. The summed E-state index contributed by atoms with van der Waals surface area (Å²) in [6.45, 7) is 1.84. The van der Waals surface area contributed by atoms with Crippen molar-refractivity contribution in [1.82, 2.24) is 0 Å². The lowest BCUT2D eigenvalue weighted by Gasteiger charge is -2.03. The van der Waals surface area contributed by atoms with Crippen LogP contribution in [0.1, 0.15) is 24.5 Å². The Morgan fingerprint density at radius 1 is 1.47 bits per heavy atom. The number of hydrogen-bond acceptors (Lipinski definition) is 1. The quantitative estimate of drug-likeness (QED) is 0.671. The number of halogens is 1. The van der Waals surface area contributed by atoms with Gasteiger partial charge >= 0.3 is 5.97 Å². The van der Waals surface area contributed by atoms with Gasteiger partial charge in [0.2, 0.25) is 0 Å². The van der Waals surface area contributed by atoms with Gasteiger partial charge in [0.05, 0.1) is 0 Å². The monoisotopic (exact) mass is 268 g/mol. The van der Waals surface area contributed by atoms with Crippen LogP contribution in [0.2, 0.25) is 0 Å². The van der Waals surface area contributed by atoms with Gasteiger partial charge in [-0.1, -0.05) is 47.1 Å². The minimum absolute atomic E-state index is 0.434. The summed E-state index contributed by atoms with van der Waals surface area (Å²) in [5.41, 5.74) is 2.50. The highest BCUT2D eigenvalue weighted by atomic mass is 79.9. The van der Waals surface area contributed by atoms with Crippen LogP contribution in [0.5, 0.6) is 0 Å². The maximum Gasteiger partial charge on any atom is 0.331 e. The predicted molar refractivity (Wildman–Crippen MR) is 65.0 cm³/mol. The number of benzene rings is 1. The van der Waals surface area contributed by atoms with E-state index in [1.165, 1.54) is 0 Å². The third-order valence-corrected chi connectivity index (χ3v) is 2.79. The highest BCUT2D eigenvalue weighted by Crippen LogP contribution is 2.17. The first kappa shape index (κ1) is 12.0. The smallest absolute Gasteiger partial charge is 0.331 e. The van der Waals surface area contributed by atoms with Gasteiger partial charge in [0.15, 0.2) is 0 Å². The van der Waals surface area contributed by atoms with Crippen molar-refractivity contribution < 1.29 is 9.90 Å². The van der Waals surface area contributed by atoms with Gasteiger partial charge in [0, 0.05) is 10.9 Å². The van der Waals surface area contributed by atoms with Gasteiger partial charge < -0.3 is 5.11 Å². The van der Waals surface area contributed by atoms with E-state index in [1.54, 1.807) is 6.08 Å². The predicted octanol–water partition coefficient (Wildman–Crippen LogP) is 3.46. The van der Waals surface area contributed by atoms with E-state index < -0.39 is 5.97 Å². The zero-order valence-electron chi connectivity index (χ0n) is 8.53. The zero-order valence-corrected chi connectivity index (χ0v) is 10.1. The molecule has 0 bridgehead atoms. The average Bonchev–Trinajstić information content (AvgIpc) is 2.25. The molecule has 0 saturated carbocycles. The van der Waals surface area contributed by atoms with Gasteiger partial charge in [0.25, 0.3) is 0 Å². The van der Waals surface area contributed by atoms with Crippen molar-refractivity contribution in [1.29, 1.82) is 0 Å². The van der Waals surface area contributed by atoms with Crippen molar-refractivity contribution in [2.45, 2.75) is 18.7 Å². The van der Waals surface area contributed by atoms with E-state index in [4.69, 9.17) is 5.11 Å². The topological polar surface area (TPSA) is 37.3 Å². The second-order valence-corrected chi connectivity index (χ2v) is 3.72. The van der Waals surface area contributed by atoms with Gasteiger partial charge in [-0.3, -0.25) is 0 Å². The number of carboxylic acids is 1. The molecule has 0 unspecified atom stereocenters. The Bertz CT molecular complexity index is 383. The molecule has 80 valence electrons. The van der Waals surface area contributed by atoms with E-state index in [2.05, 4.69) is 15.9 Å². The number of carbonyl (C=O) groups is 1. The normalized spacial score (nSPS) is 11.5.